The summed E-state index contributed by atoms with van der Waals surface area (Å²) in [7, 11) is 0. The number of rotatable bonds is 4. The summed E-state index contributed by atoms with van der Waals surface area (Å²) in [6.45, 7) is 4.55. The molecule has 0 N–H and O–H groups in total. The summed E-state index contributed by atoms with van der Waals surface area (Å²) < 4.78 is 14.9. The Bertz CT molecular complexity index is 1180. The summed E-state index contributed by atoms with van der Waals surface area (Å²) in [6, 6.07) is 13.6. The van der Waals surface area contributed by atoms with Crippen molar-refractivity contribution < 1.29 is 14.3 Å². The molecule has 0 aliphatic carbocycles. The molecule has 0 bridgehead atoms. The first-order chi connectivity index (χ1) is 15.2. The molecule has 2 aliphatic rings. The summed E-state index contributed by atoms with van der Waals surface area (Å²) in [5.74, 6) is 1.48. The van der Waals surface area contributed by atoms with Crippen molar-refractivity contribution in [2.75, 3.05) is 19.8 Å². The second kappa shape index (κ2) is 8.13. The highest BCUT2D eigenvalue weighted by Crippen LogP contribution is 2.38. The van der Waals surface area contributed by atoms with E-state index in [1.54, 1.807) is 9.13 Å². The fourth-order valence-corrected chi connectivity index (χ4v) is 4.76. The average molecular weight is 421 g/mol. The minimum absolute atomic E-state index is 0.0140. The molecule has 1 aromatic heterocycles. The zero-order chi connectivity index (χ0) is 21.4. The van der Waals surface area contributed by atoms with Gasteiger partial charge in [-0.3, -0.25) is 13.9 Å². The Labute approximate surface area is 180 Å². The van der Waals surface area contributed by atoms with Crippen LogP contribution in [0.5, 0.6) is 11.5 Å². The van der Waals surface area contributed by atoms with Crippen molar-refractivity contribution >= 4 is 16.9 Å². The number of nitrogens with zero attached hydrogens (tertiary/aromatic N) is 3. The Morgan fingerprint density at radius 2 is 1.74 bits per heavy atom. The number of benzene rings is 2. The lowest BCUT2D eigenvalue weighted by Crippen LogP contribution is -2.36. The molecule has 5 rings (SSSR count). The molecule has 3 heterocycles. The number of fused-ring (bicyclic) bond motifs is 2. The van der Waals surface area contributed by atoms with Crippen molar-refractivity contribution in [3.63, 3.8) is 0 Å². The molecule has 0 unspecified atom stereocenters. The van der Waals surface area contributed by atoms with Gasteiger partial charge in [0, 0.05) is 19.5 Å². The number of hydrogen-bond acceptors (Lipinski definition) is 4. The molecule has 7 heteroatoms. The summed E-state index contributed by atoms with van der Waals surface area (Å²) >= 11 is 0. The molecule has 1 fully saturated rings. The average Bonchev–Trinajstić information content (AvgIpc) is 3.29. The monoisotopic (exact) mass is 421 g/mol. The Morgan fingerprint density at radius 1 is 1.00 bits per heavy atom. The number of likely N-dealkylation sites (tertiary alicyclic amines) is 1. The van der Waals surface area contributed by atoms with Crippen LogP contribution in [0.15, 0.2) is 47.3 Å². The van der Waals surface area contributed by atoms with E-state index < -0.39 is 0 Å². The third-order valence-corrected chi connectivity index (χ3v) is 6.26. The first-order valence-electron chi connectivity index (χ1n) is 11.0. The van der Waals surface area contributed by atoms with E-state index >= 15 is 0 Å². The molecule has 1 atom stereocenters. The fraction of sp³-hybridized carbons (Fsp3) is 0.417. The smallest absolute Gasteiger partial charge is 0.329 e. The van der Waals surface area contributed by atoms with Crippen molar-refractivity contribution in [3.8, 4) is 11.5 Å². The first kappa shape index (κ1) is 19.7. The molecular formula is C24H27N3O4. The van der Waals surface area contributed by atoms with E-state index in [2.05, 4.69) is 0 Å². The number of carbonyl (C=O) groups is 1. The van der Waals surface area contributed by atoms with E-state index in [9.17, 15) is 9.59 Å². The van der Waals surface area contributed by atoms with Gasteiger partial charge in [-0.05, 0) is 49.6 Å². The van der Waals surface area contributed by atoms with Gasteiger partial charge in [0.2, 0.25) is 5.91 Å². The largest absolute Gasteiger partial charge is 0.490 e. The number of hydrogen-bond donors (Lipinski definition) is 0. The van der Waals surface area contributed by atoms with Crippen LogP contribution in [0, 0.1) is 0 Å². The van der Waals surface area contributed by atoms with E-state index in [1.165, 1.54) is 0 Å². The fourth-order valence-electron chi connectivity index (χ4n) is 4.76. The molecule has 0 spiro atoms. The van der Waals surface area contributed by atoms with Gasteiger partial charge in [-0.15, -0.1) is 0 Å². The molecule has 0 radical (unpaired) electrons. The van der Waals surface area contributed by atoms with Gasteiger partial charge in [0.05, 0.1) is 30.3 Å². The van der Waals surface area contributed by atoms with Gasteiger partial charge in [-0.2, -0.15) is 0 Å². The number of aromatic nitrogens is 2. The second-order valence-corrected chi connectivity index (χ2v) is 8.10. The number of ether oxygens (including phenoxy) is 2. The van der Waals surface area contributed by atoms with Crippen molar-refractivity contribution in [2.24, 2.45) is 0 Å². The lowest BCUT2D eigenvalue weighted by molar-refractivity contribution is -0.132. The van der Waals surface area contributed by atoms with Crippen LogP contribution in [-0.2, 0) is 17.9 Å². The Kier molecular flexibility index (Phi) is 5.18. The molecule has 7 nitrogen and oxygen atoms in total. The van der Waals surface area contributed by atoms with Gasteiger partial charge in [-0.25, -0.2) is 4.79 Å². The maximum Gasteiger partial charge on any atom is 0.329 e. The van der Waals surface area contributed by atoms with Crippen molar-refractivity contribution in [2.45, 2.75) is 45.3 Å². The van der Waals surface area contributed by atoms with E-state index in [0.29, 0.717) is 26.3 Å². The predicted octanol–water partition coefficient (Wildman–Crippen LogP) is 3.35. The van der Waals surface area contributed by atoms with Crippen molar-refractivity contribution in [1.29, 1.82) is 0 Å². The molecule has 1 amide bonds. The molecule has 3 aromatic rings. The van der Waals surface area contributed by atoms with Gasteiger partial charge in [0.15, 0.2) is 11.5 Å². The number of para-hydroxylation sites is 2. The van der Waals surface area contributed by atoms with Crippen molar-refractivity contribution in [3.05, 3.63) is 58.5 Å². The topological polar surface area (TPSA) is 65.7 Å². The number of amides is 1. The summed E-state index contributed by atoms with van der Waals surface area (Å²) in [5, 5.41) is 0. The third-order valence-electron chi connectivity index (χ3n) is 6.26. The highest BCUT2D eigenvalue weighted by Gasteiger charge is 2.31. The number of imidazole rings is 1. The van der Waals surface area contributed by atoms with E-state index in [4.69, 9.17) is 9.47 Å². The zero-order valence-electron chi connectivity index (χ0n) is 17.8. The second-order valence-electron chi connectivity index (χ2n) is 8.10. The van der Waals surface area contributed by atoms with Crippen LogP contribution in [0.4, 0.5) is 0 Å². The van der Waals surface area contributed by atoms with Crippen LogP contribution < -0.4 is 15.2 Å². The maximum atomic E-state index is 13.3. The Morgan fingerprint density at radius 3 is 2.52 bits per heavy atom. The predicted molar refractivity (Wildman–Crippen MR) is 118 cm³/mol. The van der Waals surface area contributed by atoms with E-state index in [0.717, 1.165) is 47.4 Å². The van der Waals surface area contributed by atoms with Crippen molar-refractivity contribution in [1.82, 2.24) is 14.0 Å². The standard InChI is InChI=1S/C24H27N3O4/c1-2-25-19-7-3-4-8-20(19)27(24(25)29)16-23(28)26-12-5-9-18(26)17-10-11-21-22(15-17)31-14-6-13-30-21/h3-4,7-8,10-11,15,18H,2,5-6,9,12-14,16H2,1H3/t18-/m1/s1. The summed E-state index contributed by atoms with van der Waals surface area (Å²) in [4.78, 5) is 28.2. The minimum atomic E-state index is -0.136. The molecular weight excluding hydrogens is 394 g/mol. The third kappa shape index (κ3) is 3.48. The van der Waals surface area contributed by atoms with E-state index in [-0.39, 0.29) is 24.2 Å². The normalized spacial score (nSPS) is 18.4. The highest BCUT2D eigenvalue weighted by molar-refractivity contribution is 5.81. The van der Waals surface area contributed by atoms with Crippen LogP contribution in [0.25, 0.3) is 11.0 Å². The maximum absolute atomic E-state index is 13.3. The van der Waals surface area contributed by atoms with Gasteiger partial charge in [0.25, 0.3) is 0 Å². The summed E-state index contributed by atoms with van der Waals surface area (Å²) in [6.07, 6.45) is 2.70. The Hall–Kier alpha value is -3.22. The summed E-state index contributed by atoms with van der Waals surface area (Å²) in [5.41, 5.74) is 2.58. The van der Waals surface area contributed by atoms with Gasteiger partial charge in [0.1, 0.15) is 6.54 Å². The van der Waals surface area contributed by atoms with Crippen LogP contribution in [0.3, 0.4) is 0 Å². The highest BCUT2D eigenvalue weighted by atomic mass is 16.5. The van der Waals surface area contributed by atoms with Gasteiger partial charge >= 0.3 is 5.69 Å². The SMILES string of the molecule is CCn1c(=O)n(CC(=O)N2CCC[C@@H]2c2ccc3c(c2)OCCCO3)c2ccccc21. The lowest BCUT2D eigenvalue weighted by Gasteiger charge is -2.26. The van der Waals surface area contributed by atoms with Gasteiger partial charge < -0.3 is 14.4 Å². The molecule has 1 saturated heterocycles. The molecule has 2 aromatic carbocycles. The quantitative estimate of drug-likeness (QED) is 0.648. The minimum Gasteiger partial charge on any atom is -0.490 e. The molecule has 31 heavy (non-hydrogen) atoms. The van der Waals surface area contributed by atoms with Crippen LogP contribution in [-0.4, -0.2) is 39.7 Å². The Balaban J connectivity index is 1.43. The van der Waals surface area contributed by atoms with Crippen LogP contribution in [0.1, 0.15) is 37.8 Å². The van der Waals surface area contributed by atoms with Crippen LogP contribution in [0.2, 0.25) is 0 Å². The van der Waals surface area contributed by atoms with Crippen LogP contribution >= 0.6 is 0 Å². The molecule has 162 valence electrons. The first-order valence-corrected chi connectivity index (χ1v) is 11.0. The molecule has 2 aliphatic heterocycles. The zero-order valence-corrected chi connectivity index (χ0v) is 17.8. The van der Waals surface area contributed by atoms with E-state index in [1.807, 2.05) is 54.3 Å². The molecule has 0 saturated carbocycles. The number of carbonyl (C=O) groups excluding carboxylic acids is 1. The lowest BCUT2D eigenvalue weighted by atomic mass is 10.0. The number of aryl methyl sites for hydroxylation is 1. The van der Waals surface area contributed by atoms with Gasteiger partial charge in [-0.1, -0.05) is 18.2 Å².